The topological polar surface area (TPSA) is 92.4 Å². The average molecular weight is 692 g/mol. The molecule has 0 spiro atoms. The molecule has 12 heteroatoms. The lowest BCUT2D eigenvalue weighted by Crippen LogP contribution is -2.50. The Hall–Kier alpha value is -4.20. The molecule has 1 heterocycles. The Labute approximate surface area is 252 Å². The number of benzene rings is 3. The monoisotopic (exact) mass is 692 g/mol. The van der Waals surface area contributed by atoms with Gasteiger partial charge in [-0.1, -0.05) is 48.5 Å². The zero-order valence-electron chi connectivity index (χ0n) is 22.1. The Morgan fingerprint density at radius 2 is 1.60 bits per heavy atom. The Morgan fingerprint density at radius 1 is 0.905 bits per heavy atom. The van der Waals surface area contributed by atoms with E-state index in [2.05, 4.69) is 48.3 Å². The number of carbonyl (C=O) groups is 2. The van der Waals surface area contributed by atoms with E-state index in [1.807, 2.05) is 18.2 Å². The van der Waals surface area contributed by atoms with Crippen LogP contribution in [0.2, 0.25) is 0 Å². The van der Waals surface area contributed by atoms with E-state index in [1.165, 1.54) is 19.1 Å². The second-order valence-corrected chi connectivity index (χ2v) is 10.5. The second kappa shape index (κ2) is 13.2. The standard InChI is InChI=1S/C30H25F4IN4O3/c1-19(40)37-23-10-6-11-24(16-23)38-28(41)39-29(17-20-7-3-2-4-8-20,26-14-13-22(35)18-36-26)21-9-5-12-25(15-21)42-30(33,34)27(31)32/h2-16,18,27H,17H2,1H3,(H,37,40)(H2,38,39,41)/t29-/m0/s1. The van der Waals surface area contributed by atoms with Gasteiger partial charge in [0.05, 0.1) is 5.69 Å². The first kappa shape index (κ1) is 30.8. The van der Waals surface area contributed by atoms with E-state index in [1.54, 1.807) is 60.8 Å². The summed E-state index contributed by atoms with van der Waals surface area (Å²) in [4.78, 5) is 29.6. The third-order valence-electron chi connectivity index (χ3n) is 6.08. The third kappa shape index (κ3) is 7.75. The fourth-order valence-electron chi connectivity index (χ4n) is 4.31. The summed E-state index contributed by atoms with van der Waals surface area (Å²) in [6.07, 6.45) is -7.09. The van der Waals surface area contributed by atoms with Crippen LogP contribution in [0, 0.1) is 3.57 Å². The van der Waals surface area contributed by atoms with E-state index < -0.39 is 29.9 Å². The van der Waals surface area contributed by atoms with Gasteiger partial charge in [0, 0.05) is 34.5 Å². The molecule has 0 saturated carbocycles. The zero-order valence-corrected chi connectivity index (χ0v) is 24.2. The number of rotatable bonds is 10. The molecule has 1 aromatic heterocycles. The number of aromatic nitrogens is 1. The fraction of sp³-hybridized carbons (Fsp3) is 0.167. The highest BCUT2D eigenvalue weighted by atomic mass is 127. The summed E-state index contributed by atoms with van der Waals surface area (Å²) < 4.78 is 58.7. The van der Waals surface area contributed by atoms with Gasteiger partial charge in [0.25, 0.3) is 0 Å². The normalized spacial score (nSPS) is 12.7. The lowest BCUT2D eigenvalue weighted by atomic mass is 9.80. The minimum Gasteiger partial charge on any atom is -0.428 e. The molecule has 0 radical (unpaired) electrons. The molecule has 0 saturated heterocycles. The van der Waals surface area contributed by atoms with E-state index in [4.69, 9.17) is 0 Å². The molecule has 0 bridgehead atoms. The Bertz CT molecular complexity index is 1540. The quantitative estimate of drug-likeness (QED) is 0.121. The van der Waals surface area contributed by atoms with Crippen molar-refractivity contribution in [2.75, 3.05) is 10.6 Å². The van der Waals surface area contributed by atoms with E-state index in [0.717, 1.165) is 15.2 Å². The summed E-state index contributed by atoms with van der Waals surface area (Å²) in [5.74, 6) is -0.811. The van der Waals surface area contributed by atoms with Gasteiger partial charge in [-0.25, -0.2) is 4.79 Å². The summed E-state index contributed by atoms with van der Waals surface area (Å²) in [5, 5.41) is 8.33. The van der Waals surface area contributed by atoms with Crippen LogP contribution in [0.1, 0.15) is 23.7 Å². The second-order valence-electron chi connectivity index (χ2n) is 9.26. The van der Waals surface area contributed by atoms with E-state index in [9.17, 15) is 27.2 Å². The van der Waals surface area contributed by atoms with Crippen molar-refractivity contribution < 1.29 is 31.9 Å². The molecule has 4 aromatic rings. The van der Waals surface area contributed by atoms with Crippen LogP contribution in [0.4, 0.5) is 33.7 Å². The largest absolute Gasteiger partial charge is 0.461 e. The molecule has 3 amide bonds. The van der Waals surface area contributed by atoms with Gasteiger partial charge >= 0.3 is 18.6 Å². The van der Waals surface area contributed by atoms with Crippen LogP contribution in [0.25, 0.3) is 0 Å². The van der Waals surface area contributed by atoms with Crippen molar-refractivity contribution in [2.24, 2.45) is 0 Å². The van der Waals surface area contributed by atoms with Gasteiger partial charge in [-0.05, 0) is 76.2 Å². The maximum atomic E-state index is 13.8. The average Bonchev–Trinajstić information content (AvgIpc) is 2.93. The number of hydrogen-bond acceptors (Lipinski definition) is 4. The highest BCUT2D eigenvalue weighted by Crippen LogP contribution is 2.36. The van der Waals surface area contributed by atoms with Crippen LogP contribution in [-0.2, 0) is 16.8 Å². The van der Waals surface area contributed by atoms with E-state index in [0.29, 0.717) is 17.1 Å². The van der Waals surface area contributed by atoms with Crippen LogP contribution in [-0.4, -0.2) is 29.5 Å². The number of hydrogen-bond donors (Lipinski definition) is 3. The number of carbonyl (C=O) groups excluding carboxylic acids is 2. The molecule has 0 aliphatic rings. The van der Waals surface area contributed by atoms with Crippen molar-refractivity contribution in [3.8, 4) is 5.75 Å². The number of anilines is 2. The van der Waals surface area contributed by atoms with Crippen LogP contribution in [0.15, 0.2) is 97.2 Å². The first-order chi connectivity index (χ1) is 20.0. The van der Waals surface area contributed by atoms with Gasteiger partial charge in [0.1, 0.15) is 11.3 Å². The van der Waals surface area contributed by atoms with Gasteiger partial charge < -0.3 is 20.7 Å². The van der Waals surface area contributed by atoms with Crippen molar-refractivity contribution >= 4 is 45.9 Å². The summed E-state index contributed by atoms with van der Waals surface area (Å²) in [6.45, 7) is 1.35. The molecule has 0 aliphatic carbocycles. The van der Waals surface area contributed by atoms with Crippen molar-refractivity contribution in [3.05, 3.63) is 118 Å². The number of urea groups is 1. The molecule has 1 atom stereocenters. The molecule has 42 heavy (non-hydrogen) atoms. The summed E-state index contributed by atoms with van der Waals surface area (Å²) in [7, 11) is 0. The number of ether oxygens (including phenoxy) is 1. The first-order valence-corrected chi connectivity index (χ1v) is 13.6. The van der Waals surface area contributed by atoms with Crippen molar-refractivity contribution in [1.82, 2.24) is 10.3 Å². The smallest absolute Gasteiger partial charge is 0.428 e. The maximum absolute atomic E-state index is 13.8. The number of halogens is 5. The molecule has 3 N–H and O–H groups in total. The summed E-state index contributed by atoms with van der Waals surface area (Å²) >= 11 is 2.07. The Morgan fingerprint density at radius 3 is 2.24 bits per heavy atom. The number of nitrogens with zero attached hydrogens (tertiary/aromatic N) is 1. The molecule has 0 fully saturated rings. The van der Waals surface area contributed by atoms with Crippen LogP contribution >= 0.6 is 22.6 Å². The number of alkyl halides is 4. The highest BCUT2D eigenvalue weighted by Gasteiger charge is 2.44. The van der Waals surface area contributed by atoms with Crippen molar-refractivity contribution in [3.63, 3.8) is 0 Å². The van der Waals surface area contributed by atoms with E-state index in [-0.39, 0.29) is 17.9 Å². The van der Waals surface area contributed by atoms with Crippen LogP contribution in [0.5, 0.6) is 5.75 Å². The number of pyridine rings is 1. The third-order valence-corrected chi connectivity index (χ3v) is 6.72. The molecule has 7 nitrogen and oxygen atoms in total. The molecule has 0 unspecified atom stereocenters. The van der Waals surface area contributed by atoms with Gasteiger partial charge in [-0.2, -0.15) is 17.6 Å². The molecule has 218 valence electrons. The minimum atomic E-state index is -4.73. The molecule has 0 aliphatic heterocycles. The summed E-state index contributed by atoms with van der Waals surface area (Å²) in [6, 6.07) is 23.5. The number of nitrogens with one attached hydrogen (secondary N) is 3. The molecular formula is C30H25F4IN4O3. The lowest BCUT2D eigenvalue weighted by Gasteiger charge is -2.35. The van der Waals surface area contributed by atoms with Crippen LogP contribution in [0.3, 0.4) is 0 Å². The molecule has 4 rings (SSSR count). The Balaban J connectivity index is 1.81. The predicted molar refractivity (Wildman–Crippen MR) is 159 cm³/mol. The fourth-order valence-corrected chi connectivity index (χ4v) is 4.63. The lowest BCUT2D eigenvalue weighted by molar-refractivity contribution is -0.253. The van der Waals surface area contributed by atoms with Gasteiger partial charge in [-0.15, -0.1) is 0 Å². The van der Waals surface area contributed by atoms with Gasteiger partial charge in [0.15, 0.2) is 0 Å². The van der Waals surface area contributed by atoms with Crippen LogP contribution < -0.4 is 20.7 Å². The maximum Gasteiger partial charge on any atom is 0.461 e. The summed E-state index contributed by atoms with van der Waals surface area (Å²) in [5.41, 5.74) is 0.702. The van der Waals surface area contributed by atoms with Crippen molar-refractivity contribution in [2.45, 2.75) is 31.4 Å². The van der Waals surface area contributed by atoms with Gasteiger partial charge in [-0.3, -0.25) is 9.78 Å². The highest BCUT2D eigenvalue weighted by molar-refractivity contribution is 14.1. The first-order valence-electron chi connectivity index (χ1n) is 12.6. The van der Waals surface area contributed by atoms with Gasteiger partial charge in [0.2, 0.25) is 5.91 Å². The SMILES string of the molecule is CC(=O)Nc1cccc(NC(=O)N[C@@](Cc2ccccc2)(c2cccc(OC(F)(F)C(F)F)c2)c2ccc(I)cn2)c1. The number of amides is 3. The van der Waals surface area contributed by atoms with Crippen molar-refractivity contribution in [1.29, 1.82) is 0 Å². The minimum absolute atomic E-state index is 0.107. The van der Waals surface area contributed by atoms with E-state index >= 15 is 0 Å². The molecule has 3 aromatic carbocycles. The zero-order chi connectivity index (χ0) is 30.3. The Kier molecular flexibility index (Phi) is 9.66. The predicted octanol–water partition coefficient (Wildman–Crippen LogP) is 7.19. The molecular weight excluding hydrogens is 667 g/mol.